The van der Waals surface area contributed by atoms with Crippen LogP contribution in [0.3, 0.4) is 0 Å². The summed E-state index contributed by atoms with van der Waals surface area (Å²) in [5.74, 6) is -1.41. The smallest absolute Gasteiger partial charge is 0.407 e. The predicted molar refractivity (Wildman–Crippen MR) is 64.8 cm³/mol. The molecule has 1 fully saturated rings. The van der Waals surface area contributed by atoms with E-state index in [-0.39, 0.29) is 13.0 Å². The molecule has 7 heteroatoms. The van der Waals surface area contributed by atoms with Crippen molar-refractivity contribution >= 4 is 6.09 Å². The number of amides is 1. The lowest BCUT2D eigenvalue weighted by molar-refractivity contribution is -0.187. The first-order valence-electron chi connectivity index (χ1n) is 6.22. The number of nitrogens with zero attached hydrogens (tertiary/aromatic N) is 1. The van der Waals surface area contributed by atoms with Crippen molar-refractivity contribution in [1.29, 1.82) is 0 Å². The fourth-order valence-corrected chi connectivity index (χ4v) is 2.14. The van der Waals surface area contributed by atoms with Crippen LogP contribution in [-0.4, -0.2) is 48.9 Å². The van der Waals surface area contributed by atoms with Crippen molar-refractivity contribution in [1.82, 2.24) is 10.2 Å². The van der Waals surface area contributed by atoms with Gasteiger partial charge in [-0.3, -0.25) is 0 Å². The molecule has 0 radical (unpaired) electrons. The molecule has 0 aromatic heterocycles. The Morgan fingerprint density at radius 2 is 1.84 bits per heavy atom. The Morgan fingerprint density at radius 1 is 1.26 bits per heavy atom. The molecule has 0 saturated carbocycles. The third-order valence-electron chi connectivity index (χ3n) is 2.82. The first kappa shape index (κ1) is 16.1. The minimum Gasteiger partial charge on any atom is -0.444 e. The quantitative estimate of drug-likeness (QED) is 0.803. The van der Waals surface area contributed by atoms with Gasteiger partial charge < -0.3 is 15.0 Å². The van der Waals surface area contributed by atoms with Crippen molar-refractivity contribution in [2.75, 3.05) is 20.1 Å². The highest BCUT2D eigenvalue weighted by Crippen LogP contribution is 2.32. The highest BCUT2D eigenvalue weighted by Gasteiger charge is 2.44. The maximum absolute atomic E-state index is 12.7. The first-order valence-corrected chi connectivity index (χ1v) is 6.22. The van der Waals surface area contributed by atoms with Crippen molar-refractivity contribution in [2.45, 2.75) is 45.0 Å². The summed E-state index contributed by atoms with van der Waals surface area (Å²) >= 11 is 0. The average molecular weight is 282 g/mol. The molecule has 19 heavy (non-hydrogen) atoms. The zero-order chi connectivity index (χ0) is 14.8. The molecular weight excluding hydrogens is 261 g/mol. The maximum atomic E-state index is 12.7. The zero-order valence-electron chi connectivity index (χ0n) is 11.7. The number of carbonyl (C=O) groups excluding carboxylic acids is 1. The van der Waals surface area contributed by atoms with Crippen LogP contribution in [0.2, 0.25) is 0 Å². The van der Waals surface area contributed by atoms with E-state index in [0.717, 1.165) is 0 Å². The molecular formula is C12H21F3N2O2. The summed E-state index contributed by atoms with van der Waals surface area (Å²) in [6.45, 7) is 5.48. The number of carbonyl (C=O) groups is 1. The maximum Gasteiger partial charge on any atom is 0.407 e. The molecule has 0 bridgehead atoms. The van der Waals surface area contributed by atoms with Gasteiger partial charge in [-0.15, -0.1) is 0 Å². The molecule has 0 spiro atoms. The Morgan fingerprint density at radius 3 is 2.32 bits per heavy atom. The van der Waals surface area contributed by atoms with Gasteiger partial charge in [0.1, 0.15) is 5.60 Å². The summed E-state index contributed by atoms with van der Waals surface area (Å²) in [6, 6.07) is -0.541. The highest BCUT2D eigenvalue weighted by molar-refractivity contribution is 5.68. The molecule has 0 aliphatic carbocycles. The molecule has 1 aliphatic rings. The van der Waals surface area contributed by atoms with Gasteiger partial charge in [-0.2, -0.15) is 13.2 Å². The van der Waals surface area contributed by atoms with E-state index in [1.165, 1.54) is 0 Å². The van der Waals surface area contributed by atoms with E-state index in [1.807, 2.05) is 0 Å². The number of nitrogens with one attached hydrogen (secondary N) is 1. The lowest BCUT2D eigenvalue weighted by atomic mass is 9.94. The van der Waals surface area contributed by atoms with E-state index < -0.39 is 29.8 Å². The van der Waals surface area contributed by atoms with Crippen LogP contribution >= 0.6 is 0 Å². The van der Waals surface area contributed by atoms with Gasteiger partial charge in [-0.05, 0) is 34.2 Å². The number of alkyl halides is 3. The van der Waals surface area contributed by atoms with Crippen molar-refractivity contribution in [2.24, 2.45) is 5.92 Å². The molecule has 4 nitrogen and oxygen atoms in total. The van der Waals surface area contributed by atoms with Crippen LogP contribution in [0.25, 0.3) is 0 Å². The van der Waals surface area contributed by atoms with E-state index in [1.54, 1.807) is 32.7 Å². The van der Waals surface area contributed by atoms with E-state index in [4.69, 9.17) is 4.74 Å². The average Bonchev–Trinajstić information content (AvgIpc) is 2.11. The standard InChI is InChI=1S/C12H21F3N2O2/c1-11(2,3)19-10(18)16-9-5-8(12(13,14)15)6-17(4)7-9/h8-9H,5-7H2,1-4H3,(H,16,18)/t8-,9+/m1/s1. The van der Waals surface area contributed by atoms with Gasteiger partial charge in [0.15, 0.2) is 0 Å². The molecule has 112 valence electrons. The monoisotopic (exact) mass is 282 g/mol. The van der Waals surface area contributed by atoms with Gasteiger partial charge in [0.2, 0.25) is 0 Å². The normalized spacial score (nSPS) is 26.1. The number of rotatable bonds is 1. The molecule has 1 saturated heterocycles. The zero-order valence-corrected chi connectivity index (χ0v) is 11.7. The van der Waals surface area contributed by atoms with E-state index in [2.05, 4.69) is 5.32 Å². The number of halogens is 3. The minimum atomic E-state index is -4.23. The number of likely N-dealkylation sites (tertiary alicyclic amines) is 1. The Bertz CT molecular complexity index is 326. The van der Waals surface area contributed by atoms with Gasteiger partial charge in [0.05, 0.1) is 5.92 Å². The fourth-order valence-electron chi connectivity index (χ4n) is 2.14. The van der Waals surface area contributed by atoms with Gasteiger partial charge in [0.25, 0.3) is 0 Å². The number of piperidine rings is 1. The third-order valence-corrected chi connectivity index (χ3v) is 2.82. The summed E-state index contributed by atoms with van der Waals surface area (Å²) in [4.78, 5) is 13.1. The van der Waals surface area contributed by atoms with Crippen LogP contribution in [0.5, 0.6) is 0 Å². The molecule has 0 aromatic rings. The summed E-state index contributed by atoms with van der Waals surface area (Å²) in [7, 11) is 1.61. The third kappa shape index (κ3) is 5.67. The second-order valence-electron chi connectivity index (χ2n) is 6.04. The van der Waals surface area contributed by atoms with E-state index in [9.17, 15) is 18.0 Å². The van der Waals surface area contributed by atoms with Gasteiger partial charge in [-0.25, -0.2) is 4.79 Å². The molecule has 1 heterocycles. The van der Waals surface area contributed by atoms with Crippen molar-refractivity contribution < 1.29 is 22.7 Å². The molecule has 0 aromatic carbocycles. The highest BCUT2D eigenvalue weighted by atomic mass is 19.4. The summed E-state index contributed by atoms with van der Waals surface area (Å²) in [6.07, 6.45) is -5.01. The second kappa shape index (κ2) is 5.56. The Kier molecular flexibility index (Phi) is 4.71. The van der Waals surface area contributed by atoms with Crippen molar-refractivity contribution in [3.8, 4) is 0 Å². The molecule has 1 aliphatic heterocycles. The van der Waals surface area contributed by atoms with Crippen molar-refractivity contribution in [3.63, 3.8) is 0 Å². The molecule has 1 amide bonds. The van der Waals surface area contributed by atoms with E-state index in [0.29, 0.717) is 6.54 Å². The second-order valence-corrected chi connectivity index (χ2v) is 6.04. The Labute approximate surface area is 111 Å². The SMILES string of the molecule is CN1C[C@@H](NC(=O)OC(C)(C)C)C[C@@H](C(F)(F)F)C1. The van der Waals surface area contributed by atoms with Crippen molar-refractivity contribution in [3.05, 3.63) is 0 Å². The molecule has 1 rings (SSSR count). The van der Waals surface area contributed by atoms with Gasteiger partial charge in [-0.1, -0.05) is 0 Å². The van der Waals surface area contributed by atoms with Crippen LogP contribution in [0.4, 0.5) is 18.0 Å². The summed E-state index contributed by atoms with van der Waals surface area (Å²) in [5.41, 5.74) is -0.659. The first-order chi connectivity index (χ1) is 8.47. The number of likely N-dealkylation sites (N-methyl/N-ethyl adjacent to an activating group) is 1. The van der Waals surface area contributed by atoms with Crippen LogP contribution in [-0.2, 0) is 4.74 Å². The van der Waals surface area contributed by atoms with Gasteiger partial charge >= 0.3 is 12.3 Å². The molecule has 1 N–H and O–H groups in total. The fraction of sp³-hybridized carbons (Fsp3) is 0.917. The topological polar surface area (TPSA) is 41.6 Å². The number of hydrogen-bond donors (Lipinski definition) is 1. The molecule has 2 atom stereocenters. The largest absolute Gasteiger partial charge is 0.444 e. The minimum absolute atomic E-state index is 0.0317. The lowest BCUT2D eigenvalue weighted by Crippen LogP contribution is -2.53. The summed E-state index contributed by atoms with van der Waals surface area (Å²) < 4.78 is 43.2. The number of hydrogen-bond acceptors (Lipinski definition) is 3. The van der Waals surface area contributed by atoms with Crippen LogP contribution in [0.1, 0.15) is 27.2 Å². The lowest BCUT2D eigenvalue weighted by Gasteiger charge is -2.36. The Balaban J connectivity index is 2.56. The van der Waals surface area contributed by atoms with Gasteiger partial charge in [0, 0.05) is 19.1 Å². The number of alkyl carbamates (subject to hydrolysis) is 1. The van der Waals surface area contributed by atoms with E-state index >= 15 is 0 Å². The Hall–Kier alpha value is -0.980. The van der Waals surface area contributed by atoms with Crippen LogP contribution in [0.15, 0.2) is 0 Å². The summed E-state index contributed by atoms with van der Waals surface area (Å²) in [5, 5.41) is 2.51. The van der Waals surface area contributed by atoms with Crippen LogP contribution < -0.4 is 5.32 Å². The van der Waals surface area contributed by atoms with Crippen LogP contribution in [0, 0.1) is 5.92 Å². The number of ether oxygens (including phenoxy) is 1. The molecule has 0 unspecified atom stereocenters. The predicted octanol–water partition coefficient (Wildman–Crippen LogP) is 2.39.